The minimum absolute atomic E-state index is 0.346. The molecule has 0 saturated heterocycles. The largest absolute Gasteiger partial charge is 0.466 e. The van der Waals surface area contributed by atoms with Gasteiger partial charge in [-0.3, -0.25) is 4.68 Å². The Morgan fingerprint density at radius 2 is 2.38 bits per heavy atom. The molecule has 0 aliphatic heterocycles. The first-order valence-electron chi connectivity index (χ1n) is 3.88. The molecule has 0 aliphatic carbocycles. The first-order valence-corrected chi connectivity index (χ1v) is 3.88. The lowest BCUT2D eigenvalue weighted by Gasteiger charge is -1.95. The van der Waals surface area contributed by atoms with Crippen molar-refractivity contribution in [1.29, 1.82) is 0 Å². The summed E-state index contributed by atoms with van der Waals surface area (Å²) < 4.78 is 6.19. The third-order valence-electron chi connectivity index (χ3n) is 1.70. The Labute approximate surface area is 76.8 Å². The highest BCUT2D eigenvalue weighted by Crippen LogP contribution is 2.11. The first-order chi connectivity index (χ1) is 6.13. The van der Waals surface area contributed by atoms with Gasteiger partial charge in [0.2, 0.25) is 0 Å². The first kappa shape index (κ1) is 9.51. The number of hydrogen-bond donors (Lipinski definition) is 0. The van der Waals surface area contributed by atoms with E-state index in [4.69, 9.17) is 0 Å². The topological polar surface area (TPSA) is 44.1 Å². The van der Waals surface area contributed by atoms with Crippen molar-refractivity contribution in [3.63, 3.8) is 0 Å². The van der Waals surface area contributed by atoms with Gasteiger partial charge in [-0.25, -0.2) is 4.79 Å². The normalized spacial score (nSPS) is 11.5. The molecule has 13 heavy (non-hydrogen) atoms. The lowest BCUT2D eigenvalue weighted by atomic mass is 10.1. The molecule has 0 aromatic carbocycles. The van der Waals surface area contributed by atoms with Crippen molar-refractivity contribution in [3.8, 4) is 0 Å². The Morgan fingerprint density at radius 3 is 2.85 bits per heavy atom. The van der Waals surface area contributed by atoms with Crippen molar-refractivity contribution < 1.29 is 9.53 Å². The molecule has 1 heterocycles. The summed E-state index contributed by atoms with van der Waals surface area (Å²) in [5.74, 6) is -0.346. The summed E-state index contributed by atoms with van der Waals surface area (Å²) in [6.45, 7) is 1.84. The highest BCUT2D eigenvalue weighted by Gasteiger charge is 2.01. The molecule has 0 atom stereocenters. The zero-order valence-electron chi connectivity index (χ0n) is 7.94. The SMILES string of the molecule is COC(=O)/C=C(/C)c1cnn(C)c1. The molecule has 0 bridgehead atoms. The molecule has 1 aromatic heterocycles. The Kier molecular flexibility index (Phi) is 2.84. The number of ether oxygens (including phenoxy) is 1. The van der Waals surface area contributed by atoms with Crippen molar-refractivity contribution >= 4 is 11.5 Å². The van der Waals surface area contributed by atoms with Crippen LogP contribution in [0.15, 0.2) is 18.5 Å². The van der Waals surface area contributed by atoms with Crippen LogP contribution in [0.4, 0.5) is 0 Å². The quantitative estimate of drug-likeness (QED) is 0.503. The molecular formula is C9H12N2O2. The van der Waals surface area contributed by atoms with Crippen LogP contribution in [-0.2, 0) is 16.6 Å². The summed E-state index contributed by atoms with van der Waals surface area (Å²) in [5.41, 5.74) is 1.77. The van der Waals surface area contributed by atoms with Gasteiger partial charge in [-0.2, -0.15) is 5.10 Å². The average molecular weight is 180 g/mol. The van der Waals surface area contributed by atoms with E-state index in [1.807, 2.05) is 20.2 Å². The van der Waals surface area contributed by atoms with Gasteiger partial charge in [-0.1, -0.05) is 0 Å². The summed E-state index contributed by atoms with van der Waals surface area (Å²) in [4.78, 5) is 10.9. The number of carbonyl (C=O) groups excluding carboxylic acids is 1. The summed E-state index contributed by atoms with van der Waals surface area (Å²) in [5, 5.41) is 3.99. The summed E-state index contributed by atoms with van der Waals surface area (Å²) in [6, 6.07) is 0. The Hall–Kier alpha value is -1.58. The molecule has 0 unspecified atom stereocenters. The van der Waals surface area contributed by atoms with Crippen molar-refractivity contribution in [2.24, 2.45) is 7.05 Å². The fraction of sp³-hybridized carbons (Fsp3) is 0.333. The minimum atomic E-state index is -0.346. The predicted molar refractivity (Wildman–Crippen MR) is 48.9 cm³/mol. The van der Waals surface area contributed by atoms with Crippen molar-refractivity contribution in [2.45, 2.75) is 6.92 Å². The second-order valence-electron chi connectivity index (χ2n) is 2.75. The molecule has 0 spiro atoms. The lowest BCUT2D eigenvalue weighted by Crippen LogP contribution is -1.95. The molecule has 4 heteroatoms. The second-order valence-corrected chi connectivity index (χ2v) is 2.75. The van der Waals surface area contributed by atoms with Crippen LogP contribution in [0, 0.1) is 0 Å². The molecule has 4 nitrogen and oxygen atoms in total. The summed E-state index contributed by atoms with van der Waals surface area (Å²) in [6.07, 6.45) is 4.99. The summed E-state index contributed by atoms with van der Waals surface area (Å²) in [7, 11) is 3.18. The molecule has 0 saturated carbocycles. The monoisotopic (exact) mass is 180 g/mol. The third kappa shape index (κ3) is 2.43. The van der Waals surface area contributed by atoms with Crippen LogP contribution in [0.3, 0.4) is 0 Å². The average Bonchev–Trinajstić information content (AvgIpc) is 2.51. The minimum Gasteiger partial charge on any atom is -0.466 e. The van der Waals surface area contributed by atoms with Gasteiger partial charge in [-0.05, 0) is 12.5 Å². The number of methoxy groups -OCH3 is 1. The predicted octanol–water partition coefficient (Wildman–Crippen LogP) is 0.996. The maximum Gasteiger partial charge on any atom is 0.330 e. The van der Waals surface area contributed by atoms with E-state index >= 15 is 0 Å². The second kappa shape index (κ2) is 3.89. The zero-order valence-corrected chi connectivity index (χ0v) is 7.94. The van der Waals surface area contributed by atoms with E-state index in [2.05, 4.69) is 9.84 Å². The van der Waals surface area contributed by atoms with E-state index in [-0.39, 0.29) is 5.97 Å². The smallest absolute Gasteiger partial charge is 0.330 e. The number of esters is 1. The standard InChI is InChI=1S/C9H12N2O2/c1-7(4-9(12)13-3)8-5-10-11(2)6-8/h4-6H,1-3H3/b7-4-. The van der Waals surface area contributed by atoms with Gasteiger partial charge in [0.15, 0.2) is 0 Å². The third-order valence-corrected chi connectivity index (χ3v) is 1.70. The number of aryl methyl sites for hydroxylation is 1. The van der Waals surface area contributed by atoms with Crippen molar-refractivity contribution in [3.05, 3.63) is 24.0 Å². The molecular weight excluding hydrogens is 168 g/mol. The molecule has 0 amide bonds. The van der Waals surface area contributed by atoms with E-state index in [1.165, 1.54) is 13.2 Å². The van der Waals surface area contributed by atoms with E-state index < -0.39 is 0 Å². The van der Waals surface area contributed by atoms with Gasteiger partial charge in [0.25, 0.3) is 0 Å². The number of allylic oxidation sites excluding steroid dienone is 1. The van der Waals surface area contributed by atoms with Gasteiger partial charge in [0, 0.05) is 24.9 Å². The Morgan fingerprint density at radius 1 is 1.69 bits per heavy atom. The van der Waals surface area contributed by atoms with Gasteiger partial charge in [-0.15, -0.1) is 0 Å². The maximum absolute atomic E-state index is 10.9. The molecule has 1 rings (SSSR count). The van der Waals surface area contributed by atoms with E-state index in [9.17, 15) is 4.79 Å². The fourth-order valence-corrected chi connectivity index (χ4v) is 0.944. The number of hydrogen-bond acceptors (Lipinski definition) is 3. The van der Waals surface area contributed by atoms with E-state index in [1.54, 1.807) is 10.9 Å². The zero-order chi connectivity index (χ0) is 9.84. The van der Waals surface area contributed by atoms with Crippen LogP contribution < -0.4 is 0 Å². The van der Waals surface area contributed by atoms with Crippen LogP contribution in [0.1, 0.15) is 12.5 Å². The number of nitrogens with zero attached hydrogens (tertiary/aromatic N) is 2. The van der Waals surface area contributed by atoms with Gasteiger partial charge in [0.05, 0.1) is 13.3 Å². The van der Waals surface area contributed by atoms with Gasteiger partial charge >= 0.3 is 5.97 Å². The van der Waals surface area contributed by atoms with E-state index in [0.717, 1.165) is 11.1 Å². The van der Waals surface area contributed by atoms with Gasteiger partial charge in [0.1, 0.15) is 0 Å². The number of rotatable bonds is 2. The Bertz CT molecular complexity index is 339. The molecule has 70 valence electrons. The van der Waals surface area contributed by atoms with Gasteiger partial charge < -0.3 is 4.74 Å². The summed E-state index contributed by atoms with van der Waals surface area (Å²) >= 11 is 0. The van der Waals surface area contributed by atoms with E-state index in [0.29, 0.717) is 0 Å². The molecule has 1 aromatic rings. The lowest BCUT2D eigenvalue weighted by molar-refractivity contribution is -0.134. The van der Waals surface area contributed by atoms with Crippen LogP contribution in [0.25, 0.3) is 5.57 Å². The Balaban J connectivity index is 2.84. The maximum atomic E-state index is 10.9. The number of aromatic nitrogens is 2. The van der Waals surface area contributed by atoms with Crippen LogP contribution >= 0.6 is 0 Å². The number of carbonyl (C=O) groups is 1. The molecule has 0 N–H and O–H groups in total. The fourth-order valence-electron chi connectivity index (χ4n) is 0.944. The molecule has 0 radical (unpaired) electrons. The highest BCUT2D eigenvalue weighted by atomic mass is 16.5. The van der Waals surface area contributed by atoms with Crippen LogP contribution in [0.2, 0.25) is 0 Å². The van der Waals surface area contributed by atoms with Crippen molar-refractivity contribution in [1.82, 2.24) is 9.78 Å². The van der Waals surface area contributed by atoms with Crippen molar-refractivity contribution in [2.75, 3.05) is 7.11 Å². The van der Waals surface area contributed by atoms with Crippen LogP contribution in [-0.4, -0.2) is 22.9 Å². The molecule has 0 fully saturated rings. The highest BCUT2D eigenvalue weighted by molar-refractivity contribution is 5.90. The molecule has 0 aliphatic rings. The van der Waals surface area contributed by atoms with Crippen LogP contribution in [0.5, 0.6) is 0 Å².